The van der Waals surface area contributed by atoms with Gasteiger partial charge in [-0.25, -0.2) is 0 Å². The van der Waals surface area contributed by atoms with E-state index in [0.29, 0.717) is 17.4 Å². The second kappa shape index (κ2) is 8.42. The molecule has 0 spiro atoms. The molecule has 7 heteroatoms. The Morgan fingerprint density at radius 2 is 1.81 bits per heavy atom. The summed E-state index contributed by atoms with van der Waals surface area (Å²) in [6.07, 6.45) is 1.91. The molecule has 1 aromatic heterocycles. The summed E-state index contributed by atoms with van der Waals surface area (Å²) in [6.45, 7) is 2.31. The minimum atomic E-state index is -0.250. The lowest BCUT2D eigenvalue weighted by atomic mass is 9.96. The number of likely N-dealkylation sites (tertiary alicyclic amines) is 1. The molecular weight excluding hydrogens is 330 g/mol. The Kier molecular flexibility index (Phi) is 5.78. The molecule has 1 aliphatic rings. The van der Waals surface area contributed by atoms with E-state index in [1.54, 1.807) is 19.2 Å². The van der Waals surface area contributed by atoms with Crippen LogP contribution < -0.4 is 10.6 Å². The minimum Gasteiger partial charge on any atom is -0.368 e. The van der Waals surface area contributed by atoms with Gasteiger partial charge in [-0.2, -0.15) is 0 Å². The van der Waals surface area contributed by atoms with Crippen molar-refractivity contribution in [3.05, 3.63) is 53.7 Å². The van der Waals surface area contributed by atoms with Gasteiger partial charge < -0.3 is 15.5 Å². The highest BCUT2D eigenvalue weighted by molar-refractivity contribution is 5.94. The van der Waals surface area contributed by atoms with Crippen LogP contribution in [-0.2, 0) is 0 Å². The van der Waals surface area contributed by atoms with E-state index in [1.165, 1.54) is 0 Å². The lowest BCUT2D eigenvalue weighted by molar-refractivity contribution is 0.0694. The first kappa shape index (κ1) is 17.8. The molecule has 1 fully saturated rings. The van der Waals surface area contributed by atoms with E-state index in [9.17, 15) is 9.59 Å². The first-order valence-corrected chi connectivity index (χ1v) is 8.81. The van der Waals surface area contributed by atoms with Gasteiger partial charge in [0.25, 0.3) is 11.8 Å². The Balaban J connectivity index is 1.45. The van der Waals surface area contributed by atoms with Gasteiger partial charge in [-0.3, -0.25) is 9.59 Å². The zero-order valence-electron chi connectivity index (χ0n) is 14.8. The van der Waals surface area contributed by atoms with Crippen molar-refractivity contribution in [3.8, 4) is 0 Å². The number of rotatable bonds is 5. The van der Waals surface area contributed by atoms with Crippen molar-refractivity contribution in [3.63, 3.8) is 0 Å². The molecule has 3 rings (SSSR count). The standard InChI is InChI=1S/C19H23N5O2/c1-20-18(25)16-7-8-17(23-22-16)21-13-14-9-11-24(12-10-14)19(26)15-5-3-2-4-6-15/h2-8,14H,9-13H2,1H3,(H,20,25)(H,21,23). The second-order valence-corrected chi connectivity index (χ2v) is 6.37. The Hall–Kier alpha value is -2.96. The molecule has 0 aliphatic carbocycles. The van der Waals surface area contributed by atoms with Crippen LogP contribution in [0.2, 0.25) is 0 Å². The molecular formula is C19H23N5O2. The molecule has 0 bridgehead atoms. The number of hydrogen-bond donors (Lipinski definition) is 2. The van der Waals surface area contributed by atoms with Gasteiger partial charge in [-0.1, -0.05) is 18.2 Å². The van der Waals surface area contributed by atoms with Crippen molar-refractivity contribution in [1.82, 2.24) is 20.4 Å². The fourth-order valence-corrected chi connectivity index (χ4v) is 3.03. The van der Waals surface area contributed by atoms with Crippen molar-refractivity contribution >= 4 is 17.6 Å². The zero-order valence-corrected chi connectivity index (χ0v) is 14.8. The molecule has 2 amide bonds. The van der Waals surface area contributed by atoms with E-state index in [0.717, 1.165) is 38.0 Å². The maximum atomic E-state index is 12.5. The third-order valence-corrected chi connectivity index (χ3v) is 4.62. The van der Waals surface area contributed by atoms with Gasteiger partial charge in [-0.05, 0) is 43.0 Å². The maximum Gasteiger partial charge on any atom is 0.271 e. The highest BCUT2D eigenvalue weighted by Gasteiger charge is 2.23. The van der Waals surface area contributed by atoms with Crippen LogP contribution in [0.15, 0.2) is 42.5 Å². The fourth-order valence-electron chi connectivity index (χ4n) is 3.03. The van der Waals surface area contributed by atoms with Crippen LogP contribution in [-0.4, -0.2) is 53.6 Å². The number of nitrogens with one attached hydrogen (secondary N) is 2. The molecule has 136 valence electrons. The highest BCUT2D eigenvalue weighted by Crippen LogP contribution is 2.19. The Labute approximate surface area is 152 Å². The highest BCUT2D eigenvalue weighted by atomic mass is 16.2. The molecule has 7 nitrogen and oxygen atoms in total. The first-order valence-electron chi connectivity index (χ1n) is 8.81. The number of piperidine rings is 1. The summed E-state index contributed by atoms with van der Waals surface area (Å²) in [4.78, 5) is 25.8. The molecule has 1 saturated heterocycles. The van der Waals surface area contributed by atoms with E-state index >= 15 is 0 Å². The first-order chi connectivity index (χ1) is 12.7. The summed E-state index contributed by atoms with van der Waals surface area (Å²) in [6, 6.07) is 12.8. The molecule has 0 saturated carbocycles. The summed E-state index contributed by atoms with van der Waals surface area (Å²) in [5.74, 6) is 0.989. The van der Waals surface area contributed by atoms with E-state index < -0.39 is 0 Å². The molecule has 2 N–H and O–H groups in total. The molecule has 2 heterocycles. The predicted octanol–water partition coefficient (Wildman–Crippen LogP) is 1.80. The monoisotopic (exact) mass is 353 g/mol. The SMILES string of the molecule is CNC(=O)c1ccc(NCC2CCN(C(=O)c3ccccc3)CC2)nn1. The number of amides is 2. The van der Waals surface area contributed by atoms with E-state index in [2.05, 4.69) is 20.8 Å². The molecule has 1 aliphatic heterocycles. The van der Waals surface area contributed by atoms with Crippen molar-refractivity contribution in [2.24, 2.45) is 5.92 Å². The number of aromatic nitrogens is 2. The molecule has 0 atom stereocenters. The summed E-state index contributed by atoms with van der Waals surface area (Å²) >= 11 is 0. The third kappa shape index (κ3) is 4.36. The summed E-state index contributed by atoms with van der Waals surface area (Å²) in [5.41, 5.74) is 1.04. The van der Waals surface area contributed by atoms with Crippen LogP contribution in [0.1, 0.15) is 33.7 Å². The van der Waals surface area contributed by atoms with E-state index in [1.807, 2.05) is 35.2 Å². The molecule has 0 unspecified atom stereocenters. The summed E-state index contributed by atoms with van der Waals surface area (Å²) in [7, 11) is 1.56. The van der Waals surface area contributed by atoms with Gasteiger partial charge in [-0.15, -0.1) is 10.2 Å². The van der Waals surface area contributed by atoms with Crippen LogP contribution in [0, 0.1) is 5.92 Å². The van der Waals surface area contributed by atoms with Gasteiger partial charge in [0.2, 0.25) is 0 Å². The Morgan fingerprint density at radius 1 is 1.08 bits per heavy atom. The predicted molar refractivity (Wildman–Crippen MR) is 99.0 cm³/mol. The number of carbonyl (C=O) groups excluding carboxylic acids is 2. The zero-order chi connectivity index (χ0) is 18.4. The fraction of sp³-hybridized carbons (Fsp3) is 0.368. The van der Waals surface area contributed by atoms with Gasteiger partial charge in [0.05, 0.1) is 0 Å². The van der Waals surface area contributed by atoms with E-state index in [4.69, 9.17) is 0 Å². The molecule has 0 radical (unpaired) electrons. The Morgan fingerprint density at radius 3 is 2.42 bits per heavy atom. The van der Waals surface area contributed by atoms with Crippen LogP contribution in [0.4, 0.5) is 5.82 Å². The van der Waals surface area contributed by atoms with Gasteiger partial charge in [0, 0.05) is 32.2 Å². The number of carbonyl (C=O) groups is 2. The van der Waals surface area contributed by atoms with Crippen LogP contribution in [0.25, 0.3) is 0 Å². The average molecular weight is 353 g/mol. The van der Waals surface area contributed by atoms with Gasteiger partial charge >= 0.3 is 0 Å². The summed E-state index contributed by atoms with van der Waals surface area (Å²) < 4.78 is 0. The molecule has 26 heavy (non-hydrogen) atoms. The normalized spacial score (nSPS) is 14.7. The van der Waals surface area contributed by atoms with Crippen LogP contribution in [0.5, 0.6) is 0 Å². The smallest absolute Gasteiger partial charge is 0.271 e. The maximum absolute atomic E-state index is 12.5. The third-order valence-electron chi connectivity index (χ3n) is 4.62. The number of hydrogen-bond acceptors (Lipinski definition) is 5. The Bertz CT molecular complexity index is 740. The average Bonchev–Trinajstić information content (AvgIpc) is 2.72. The lowest BCUT2D eigenvalue weighted by Gasteiger charge is -2.32. The largest absolute Gasteiger partial charge is 0.368 e. The topological polar surface area (TPSA) is 87.2 Å². The summed E-state index contributed by atoms with van der Waals surface area (Å²) in [5, 5.41) is 13.7. The van der Waals surface area contributed by atoms with Crippen molar-refractivity contribution in [2.45, 2.75) is 12.8 Å². The lowest BCUT2D eigenvalue weighted by Crippen LogP contribution is -2.39. The quantitative estimate of drug-likeness (QED) is 0.856. The van der Waals surface area contributed by atoms with Gasteiger partial charge in [0.1, 0.15) is 5.82 Å². The number of benzene rings is 1. The number of anilines is 1. The molecule has 1 aromatic carbocycles. The van der Waals surface area contributed by atoms with Crippen molar-refractivity contribution in [2.75, 3.05) is 32.0 Å². The van der Waals surface area contributed by atoms with Crippen molar-refractivity contribution in [1.29, 1.82) is 0 Å². The van der Waals surface area contributed by atoms with Crippen LogP contribution in [0.3, 0.4) is 0 Å². The minimum absolute atomic E-state index is 0.104. The van der Waals surface area contributed by atoms with Crippen molar-refractivity contribution < 1.29 is 9.59 Å². The second-order valence-electron chi connectivity index (χ2n) is 6.37. The van der Waals surface area contributed by atoms with E-state index in [-0.39, 0.29) is 11.8 Å². The van der Waals surface area contributed by atoms with Gasteiger partial charge in [0.15, 0.2) is 5.69 Å². The molecule has 2 aromatic rings. The number of nitrogens with zero attached hydrogens (tertiary/aromatic N) is 3. The van der Waals surface area contributed by atoms with Crippen LogP contribution >= 0.6 is 0 Å².